The summed E-state index contributed by atoms with van der Waals surface area (Å²) in [6.45, 7) is 8.23. The van der Waals surface area contributed by atoms with E-state index < -0.39 is 0 Å². The second-order valence-electron chi connectivity index (χ2n) is 5.05. The van der Waals surface area contributed by atoms with Crippen molar-refractivity contribution in [3.63, 3.8) is 0 Å². The molecule has 1 heterocycles. The molecule has 1 N–H and O–H groups in total. The molecule has 0 aliphatic rings. The molecule has 2 aromatic rings. The first kappa shape index (κ1) is 14.4. The lowest BCUT2D eigenvalue weighted by atomic mass is 10.0. The van der Waals surface area contributed by atoms with Gasteiger partial charge in [-0.1, -0.05) is 31.9 Å². The van der Waals surface area contributed by atoms with Gasteiger partial charge in [-0.3, -0.25) is 0 Å². The van der Waals surface area contributed by atoms with Gasteiger partial charge in [0.1, 0.15) is 5.76 Å². The molecule has 0 unspecified atom stereocenters. The lowest BCUT2D eigenvalue weighted by molar-refractivity contribution is 0.507. The number of hydrogen-bond acceptors (Lipinski definition) is 2. The first-order chi connectivity index (χ1) is 9.17. The molecule has 0 radical (unpaired) electrons. The van der Waals surface area contributed by atoms with Gasteiger partial charge in [0.25, 0.3) is 0 Å². The average Bonchev–Trinajstić information content (AvgIpc) is 2.70. The normalized spacial score (nSPS) is 11.4. The predicted octanol–water partition coefficient (Wildman–Crippen LogP) is 4.85. The molecule has 0 aliphatic carbocycles. The third-order valence-electron chi connectivity index (χ3n) is 3.29. The zero-order valence-electron chi connectivity index (χ0n) is 12.0. The minimum Gasteiger partial charge on any atom is -0.458 e. The molecule has 0 aliphatic heterocycles. The molecule has 0 bridgehead atoms. The van der Waals surface area contributed by atoms with Crippen LogP contribution in [0, 0.1) is 6.92 Å². The van der Waals surface area contributed by atoms with E-state index in [0.717, 1.165) is 43.7 Å². The molecule has 0 atom stereocenters. The first-order valence-corrected chi connectivity index (χ1v) is 7.46. The maximum Gasteiger partial charge on any atom is 0.153 e. The van der Waals surface area contributed by atoms with Crippen molar-refractivity contribution in [3.8, 4) is 0 Å². The first-order valence-electron chi connectivity index (χ1n) is 7.08. The van der Waals surface area contributed by atoms with E-state index in [4.69, 9.17) is 16.0 Å². The van der Waals surface area contributed by atoms with E-state index in [-0.39, 0.29) is 0 Å². The summed E-state index contributed by atoms with van der Waals surface area (Å²) >= 11 is 6.29. The van der Waals surface area contributed by atoms with Crippen LogP contribution in [0.5, 0.6) is 0 Å². The van der Waals surface area contributed by atoms with Gasteiger partial charge in [0.05, 0.1) is 11.6 Å². The summed E-state index contributed by atoms with van der Waals surface area (Å²) < 4.78 is 5.99. The zero-order valence-corrected chi connectivity index (χ0v) is 12.7. The van der Waals surface area contributed by atoms with Crippen molar-refractivity contribution in [2.45, 2.75) is 46.6 Å². The third kappa shape index (κ3) is 3.13. The van der Waals surface area contributed by atoms with Gasteiger partial charge in [-0.05, 0) is 44.0 Å². The van der Waals surface area contributed by atoms with Crippen LogP contribution in [0.2, 0.25) is 5.02 Å². The topological polar surface area (TPSA) is 25.2 Å². The predicted molar refractivity (Wildman–Crippen MR) is 82.0 cm³/mol. The Hall–Kier alpha value is -0.990. The number of aryl methyl sites for hydroxylation is 2. The highest BCUT2D eigenvalue weighted by molar-refractivity contribution is 6.35. The van der Waals surface area contributed by atoms with Crippen LogP contribution in [0.3, 0.4) is 0 Å². The van der Waals surface area contributed by atoms with Crippen LogP contribution < -0.4 is 5.32 Å². The highest BCUT2D eigenvalue weighted by atomic mass is 35.5. The Bertz CT molecular complexity index is 559. The van der Waals surface area contributed by atoms with Gasteiger partial charge in [0.2, 0.25) is 0 Å². The summed E-state index contributed by atoms with van der Waals surface area (Å²) in [5.41, 5.74) is 3.33. The molecular formula is C16H22ClNO. The quantitative estimate of drug-likeness (QED) is 0.765. The zero-order chi connectivity index (χ0) is 13.8. The SMILES string of the molecule is CCCNCc1oc2c(Cl)cc(C)cc2c1CCC. The highest BCUT2D eigenvalue weighted by Gasteiger charge is 2.15. The number of furan rings is 1. The lowest BCUT2D eigenvalue weighted by Gasteiger charge is -2.03. The fourth-order valence-corrected chi connectivity index (χ4v) is 2.75. The molecular weight excluding hydrogens is 258 g/mol. The molecule has 0 fully saturated rings. The summed E-state index contributed by atoms with van der Waals surface area (Å²) in [7, 11) is 0. The van der Waals surface area contributed by atoms with Crippen LogP contribution >= 0.6 is 11.6 Å². The molecule has 0 saturated carbocycles. The number of rotatable bonds is 6. The molecule has 104 valence electrons. The van der Waals surface area contributed by atoms with E-state index in [9.17, 15) is 0 Å². The second kappa shape index (κ2) is 6.44. The van der Waals surface area contributed by atoms with Gasteiger partial charge in [-0.25, -0.2) is 0 Å². The third-order valence-corrected chi connectivity index (χ3v) is 3.57. The Morgan fingerprint density at radius 1 is 1.21 bits per heavy atom. The van der Waals surface area contributed by atoms with E-state index in [0.29, 0.717) is 5.02 Å². The van der Waals surface area contributed by atoms with Gasteiger partial charge in [-0.2, -0.15) is 0 Å². The Kier molecular flexibility index (Phi) is 4.89. The number of fused-ring (bicyclic) bond motifs is 1. The van der Waals surface area contributed by atoms with Crippen molar-refractivity contribution in [2.24, 2.45) is 0 Å². The van der Waals surface area contributed by atoms with E-state index in [2.05, 4.69) is 32.2 Å². The van der Waals surface area contributed by atoms with Crippen molar-refractivity contribution >= 4 is 22.6 Å². The van der Waals surface area contributed by atoms with E-state index in [1.165, 1.54) is 16.5 Å². The highest BCUT2D eigenvalue weighted by Crippen LogP contribution is 2.33. The van der Waals surface area contributed by atoms with Crippen molar-refractivity contribution in [3.05, 3.63) is 34.0 Å². The minimum atomic E-state index is 0.717. The summed E-state index contributed by atoms with van der Waals surface area (Å²) in [5, 5.41) is 5.31. The van der Waals surface area contributed by atoms with Crippen molar-refractivity contribution in [1.29, 1.82) is 0 Å². The van der Waals surface area contributed by atoms with Crippen molar-refractivity contribution in [2.75, 3.05) is 6.54 Å². The minimum absolute atomic E-state index is 0.717. The number of hydrogen-bond donors (Lipinski definition) is 1. The summed E-state index contributed by atoms with van der Waals surface area (Å²) in [4.78, 5) is 0. The number of nitrogens with one attached hydrogen (secondary N) is 1. The monoisotopic (exact) mass is 279 g/mol. The van der Waals surface area contributed by atoms with Crippen LogP contribution in [0.25, 0.3) is 11.0 Å². The lowest BCUT2D eigenvalue weighted by Crippen LogP contribution is -2.14. The maximum absolute atomic E-state index is 6.29. The largest absolute Gasteiger partial charge is 0.458 e. The molecule has 19 heavy (non-hydrogen) atoms. The van der Waals surface area contributed by atoms with Gasteiger partial charge >= 0.3 is 0 Å². The van der Waals surface area contributed by atoms with Gasteiger partial charge in [0, 0.05) is 10.9 Å². The summed E-state index contributed by atoms with van der Waals surface area (Å²) in [5.74, 6) is 1.04. The number of halogens is 1. The van der Waals surface area contributed by atoms with Crippen molar-refractivity contribution in [1.82, 2.24) is 5.32 Å². The molecule has 3 heteroatoms. The van der Waals surface area contributed by atoms with Crippen LogP contribution in [0.1, 0.15) is 43.6 Å². The fourth-order valence-electron chi connectivity index (χ4n) is 2.44. The summed E-state index contributed by atoms with van der Waals surface area (Å²) in [6.07, 6.45) is 3.28. The standard InChI is InChI=1S/C16H22ClNO/c1-4-6-12-13-8-11(3)9-14(17)16(13)19-15(12)10-18-7-5-2/h8-9,18H,4-7,10H2,1-3H3. The molecule has 1 aromatic heterocycles. The molecule has 2 rings (SSSR count). The van der Waals surface area contributed by atoms with Crippen LogP contribution in [-0.4, -0.2) is 6.54 Å². The van der Waals surface area contributed by atoms with Gasteiger partial charge in [-0.15, -0.1) is 0 Å². The second-order valence-corrected chi connectivity index (χ2v) is 5.46. The van der Waals surface area contributed by atoms with E-state index in [1.807, 2.05) is 6.07 Å². The van der Waals surface area contributed by atoms with Crippen LogP contribution in [0.15, 0.2) is 16.5 Å². The molecule has 0 amide bonds. The van der Waals surface area contributed by atoms with E-state index in [1.54, 1.807) is 0 Å². The maximum atomic E-state index is 6.29. The Morgan fingerprint density at radius 2 is 2.00 bits per heavy atom. The van der Waals surface area contributed by atoms with Crippen LogP contribution in [-0.2, 0) is 13.0 Å². The van der Waals surface area contributed by atoms with Gasteiger partial charge < -0.3 is 9.73 Å². The molecule has 1 aromatic carbocycles. The van der Waals surface area contributed by atoms with Crippen molar-refractivity contribution < 1.29 is 4.42 Å². The molecule has 2 nitrogen and oxygen atoms in total. The Labute approximate surface area is 120 Å². The van der Waals surface area contributed by atoms with Crippen LogP contribution in [0.4, 0.5) is 0 Å². The molecule has 0 spiro atoms. The van der Waals surface area contributed by atoms with Gasteiger partial charge in [0.15, 0.2) is 5.58 Å². The Morgan fingerprint density at radius 3 is 2.68 bits per heavy atom. The summed E-state index contributed by atoms with van der Waals surface area (Å²) in [6, 6.07) is 4.14. The Balaban J connectivity index is 2.44. The number of benzene rings is 1. The van der Waals surface area contributed by atoms with E-state index >= 15 is 0 Å². The molecule has 0 saturated heterocycles. The average molecular weight is 280 g/mol. The smallest absolute Gasteiger partial charge is 0.153 e. The fraction of sp³-hybridized carbons (Fsp3) is 0.500.